The number of aromatic amines is 1. The number of imidazole rings is 5. The number of aryl methyl sites for hydroxylation is 8. The zero-order chi connectivity index (χ0) is 69.9. The molecular weight excluding hydrogens is 1240 g/mol. The number of hydrogen-bond acceptors (Lipinski definition) is 9. The van der Waals surface area contributed by atoms with Crippen molar-refractivity contribution in [3.8, 4) is 0 Å². The Morgan fingerprint density at radius 3 is 1.22 bits per heavy atom. The van der Waals surface area contributed by atoms with Crippen molar-refractivity contribution in [2.75, 3.05) is 13.1 Å². The summed E-state index contributed by atoms with van der Waals surface area (Å²) in [6, 6.07) is 77.8. The van der Waals surface area contributed by atoms with Gasteiger partial charge in [0, 0.05) is 103 Å². The van der Waals surface area contributed by atoms with E-state index in [0.717, 1.165) is 71.9 Å². The first-order chi connectivity index (χ1) is 48.8. The number of ketones is 2. The number of H-pyrrole nitrogens is 1. The minimum Gasteiger partial charge on any atom is -0.349 e. The van der Waals surface area contributed by atoms with E-state index in [1.54, 1.807) is 67.4 Å². The van der Waals surface area contributed by atoms with Crippen molar-refractivity contribution in [3.05, 3.63) is 377 Å². The second kappa shape index (κ2) is 33.0. The molecule has 504 valence electrons. The molecule has 1 aliphatic heterocycles. The van der Waals surface area contributed by atoms with Crippen LogP contribution in [-0.2, 0) is 30.7 Å². The fourth-order valence-electron chi connectivity index (χ4n) is 13.3. The number of carbonyl (C=O) groups excluding carboxylic acids is 4. The highest BCUT2D eigenvalue weighted by Crippen LogP contribution is 2.41. The molecule has 0 fully saturated rings. The Morgan fingerprint density at radius 2 is 0.850 bits per heavy atom. The number of hydrogen-bond donors (Lipinski definition) is 2. The monoisotopic (exact) mass is 1330 g/mol. The quantitative estimate of drug-likeness (QED) is 0.0344. The minimum absolute atomic E-state index is 0.0204. The fraction of sp³-hybridized carbons (Fsp3) is 0.202. The Hall–Kier alpha value is -11.8. The van der Waals surface area contributed by atoms with Gasteiger partial charge in [-0.25, -0.2) is 29.1 Å². The summed E-state index contributed by atoms with van der Waals surface area (Å²) in [6.07, 6.45) is 22.2. The highest BCUT2D eigenvalue weighted by Gasteiger charge is 2.44. The van der Waals surface area contributed by atoms with E-state index in [9.17, 15) is 19.2 Å². The molecule has 0 atom stereocenters. The van der Waals surface area contributed by atoms with Crippen molar-refractivity contribution >= 4 is 23.4 Å². The normalized spacial score (nSPS) is 12.5. The Kier molecular flexibility index (Phi) is 23.0. The molecule has 0 spiro atoms. The average molecular weight is 1330 g/mol. The summed E-state index contributed by atoms with van der Waals surface area (Å²) < 4.78 is 10.9. The summed E-state index contributed by atoms with van der Waals surface area (Å²) in [5.41, 5.74) is 19.1. The molecule has 6 heterocycles. The van der Waals surface area contributed by atoms with Crippen LogP contribution in [0.15, 0.2) is 293 Å². The number of carbonyl (C=O) groups is 4. The molecule has 0 bridgehead atoms. The number of nitrogens with one attached hydrogen (secondary N) is 1. The summed E-state index contributed by atoms with van der Waals surface area (Å²) in [4.78, 5) is 70.7. The molecule has 5 aromatic heterocycles. The lowest BCUT2D eigenvalue weighted by molar-refractivity contribution is -0.734. The predicted molar refractivity (Wildman–Crippen MR) is 391 cm³/mol. The van der Waals surface area contributed by atoms with E-state index >= 15 is 0 Å². The molecule has 16 heteroatoms. The van der Waals surface area contributed by atoms with Gasteiger partial charge in [-0.15, -0.1) is 0 Å². The number of benzene rings is 8. The van der Waals surface area contributed by atoms with Crippen LogP contribution in [0.5, 0.6) is 0 Å². The van der Waals surface area contributed by atoms with Crippen molar-refractivity contribution in [2.24, 2.45) is 11.7 Å². The largest absolute Gasteiger partial charge is 0.349 e. The molecule has 15 rings (SSSR count). The van der Waals surface area contributed by atoms with Gasteiger partial charge in [-0.05, 0) is 82.3 Å². The third-order valence-corrected chi connectivity index (χ3v) is 18.4. The summed E-state index contributed by atoms with van der Waals surface area (Å²) in [5.74, 6) is -0.936. The standard InChI is InChI=1S/C34H30N3O2.C23H20N2.C16H16N2O2.C7H13N3.C4H6N2/c1-26-24-36(25-35(26)22-13-23-37-32(38)30-20-11-12-21-31(30)33(37)39)34(27-14-5-2-6-15-27,28-16-7-3-8-17-28)29-18-9-4-10-19-29;1-19-17-25(18-24-19)23(20-11-5-2-6-12-20,21-13-7-3-8-14-21)22-15-9-4-10-16-22;1-11-9-17-10-18(11)8-4-7-14-15(19)12-5-2-3-6-13(12)16(14)20;1-7-5-9-6-10(7)4-2-3-8;1-4-2-5-3-6-4/h2-12,14-21,24-25H,13,22-23H2,1H3;2-18H,1H3;2-3,5-6,9-10,14H,4,7-8H2,1H3;5-6H,2-4,8H2,1H3;2-3H,1H3,(H,5,6)/q+1;;;;. The number of rotatable bonds is 19. The van der Waals surface area contributed by atoms with Gasteiger partial charge in [0.1, 0.15) is 17.4 Å². The lowest BCUT2D eigenvalue weighted by Crippen LogP contribution is -2.57. The van der Waals surface area contributed by atoms with Crippen LogP contribution in [0.3, 0.4) is 0 Å². The summed E-state index contributed by atoms with van der Waals surface area (Å²) >= 11 is 0. The number of aromatic nitrogens is 10. The number of nitrogens with zero attached hydrogens (tertiary/aromatic N) is 10. The van der Waals surface area contributed by atoms with Crippen molar-refractivity contribution < 1.29 is 23.7 Å². The van der Waals surface area contributed by atoms with Gasteiger partial charge in [0.25, 0.3) is 11.8 Å². The van der Waals surface area contributed by atoms with E-state index < -0.39 is 17.0 Å². The Morgan fingerprint density at radius 1 is 0.440 bits per heavy atom. The van der Waals surface area contributed by atoms with Gasteiger partial charge < -0.3 is 24.4 Å². The van der Waals surface area contributed by atoms with Gasteiger partial charge in [0.15, 0.2) is 17.1 Å². The number of amides is 2. The van der Waals surface area contributed by atoms with E-state index in [0.29, 0.717) is 48.2 Å². The zero-order valence-corrected chi connectivity index (χ0v) is 57.3. The number of fused-ring (bicyclic) bond motifs is 2. The van der Waals surface area contributed by atoms with E-state index in [1.807, 2.05) is 75.5 Å². The van der Waals surface area contributed by atoms with Crippen LogP contribution in [0.25, 0.3) is 0 Å². The molecule has 2 amide bonds. The minimum atomic E-state index is -0.581. The number of imide groups is 1. The second-order valence-corrected chi connectivity index (χ2v) is 25.0. The van der Waals surface area contributed by atoms with Gasteiger partial charge in [0.2, 0.25) is 6.33 Å². The first-order valence-corrected chi connectivity index (χ1v) is 34.0. The molecule has 16 nitrogen and oxygen atoms in total. The number of nitrogens with two attached hydrogens (primary N) is 1. The molecule has 0 radical (unpaired) electrons. The maximum Gasteiger partial charge on any atom is 0.261 e. The third-order valence-electron chi connectivity index (χ3n) is 18.4. The maximum atomic E-state index is 12.8. The topological polar surface area (TPSA) is 188 Å². The smallest absolute Gasteiger partial charge is 0.261 e. The van der Waals surface area contributed by atoms with E-state index in [-0.39, 0.29) is 23.4 Å². The molecule has 1 aliphatic carbocycles. The molecule has 13 aromatic rings. The van der Waals surface area contributed by atoms with E-state index in [1.165, 1.54) is 27.3 Å². The van der Waals surface area contributed by atoms with Crippen molar-refractivity contribution in [2.45, 2.75) is 91.0 Å². The summed E-state index contributed by atoms with van der Waals surface area (Å²) in [7, 11) is 0. The van der Waals surface area contributed by atoms with Crippen molar-refractivity contribution in [3.63, 3.8) is 0 Å². The van der Waals surface area contributed by atoms with Crippen molar-refractivity contribution in [1.82, 2.24) is 48.1 Å². The summed E-state index contributed by atoms with van der Waals surface area (Å²) in [5, 5.41) is 0. The number of Topliss-reactive ketones (excluding diaryl/α,β-unsaturated/α-hetero) is 2. The van der Waals surface area contributed by atoms with Crippen LogP contribution in [0.1, 0.15) is 129 Å². The van der Waals surface area contributed by atoms with Gasteiger partial charge >= 0.3 is 0 Å². The van der Waals surface area contributed by atoms with E-state index in [4.69, 9.17) is 5.73 Å². The second-order valence-electron chi connectivity index (χ2n) is 25.0. The maximum absolute atomic E-state index is 12.8. The van der Waals surface area contributed by atoms with Crippen molar-refractivity contribution in [1.29, 1.82) is 0 Å². The first kappa shape index (κ1) is 69.6. The van der Waals surface area contributed by atoms with Crippen LogP contribution in [0.2, 0.25) is 0 Å². The Balaban J connectivity index is 0.000000142. The third kappa shape index (κ3) is 15.3. The highest BCUT2D eigenvalue weighted by atomic mass is 16.2. The summed E-state index contributed by atoms with van der Waals surface area (Å²) in [6.45, 7) is 13.7. The molecule has 0 saturated carbocycles. The molecule has 0 saturated heterocycles. The van der Waals surface area contributed by atoms with Gasteiger partial charge in [0.05, 0.1) is 54.6 Å². The van der Waals surface area contributed by atoms with Gasteiger partial charge in [-0.3, -0.25) is 24.1 Å². The van der Waals surface area contributed by atoms with Gasteiger partial charge in [-0.1, -0.05) is 218 Å². The van der Waals surface area contributed by atoms with Crippen LogP contribution in [-0.4, -0.2) is 84.6 Å². The average Bonchev–Trinajstić information content (AvgIpc) is 1.23. The van der Waals surface area contributed by atoms with Crippen LogP contribution in [0, 0.1) is 40.5 Å². The van der Waals surface area contributed by atoms with Crippen LogP contribution in [0.4, 0.5) is 0 Å². The predicted octanol–water partition coefficient (Wildman–Crippen LogP) is 14.6. The Bertz CT molecular complexity index is 4490. The van der Waals surface area contributed by atoms with Gasteiger partial charge in [-0.2, -0.15) is 0 Å². The molecular formula is C84H85N12O4+. The zero-order valence-electron chi connectivity index (χ0n) is 57.3. The SMILES string of the molecule is Cc1c[n+](C(c2ccccc2)(c2ccccc2)c2ccccc2)cn1CCCN1C(=O)c2ccccc2C1=O.Cc1cn(C(c2ccccc2)(c2ccccc2)c2ccccc2)cn1.Cc1cnc[nH]1.Cc1cncn1CCCC1C(=O)c2ccccc2C1=O.Cc1cncn1CCCN. The lowest BCUT2D eigenvalue weighted by Gasteiger charge is -2.37. The molecule has 2 aliphatic rings. The van der Waals surface area contributed by atoms with E-state index in [2.05, 4.69) is 233 Å². The highest BCUT2D eigenvalue weighted by molar-refractivity contribution is 6.26. The first-order valence-electron chi connectivity index (χ1n) is 34.0. The lowest BCUT2D eigenvalue weighted by atomic mass is 9.77. The molecule has 0 unspecified atom stereocenters. The van der Waals surface area contributed by atoms with Crippen LogP contribution < -0.4 is 10.3 Å². The molecule has 3 N–H and O–H groups in total. The molecule has 8 aromatic carbocycles. The van der Waals surface area contributed by atoms with Crippen LogP contribution >= 0.6 is 0 Å². The fourth-order valence-corrected chi connectivity index (χ4v) is 13.3. The molecule has 100 heavy (non-hydrogen) atoms. The Labute approximate surface area is 585 Å².